The number of hydrogen-bond acceptors (Lipinski definition) is 6. The van der Waals surface area contributed by atoms with Gasteiger partial charge in [0.1, 0.15) is 4.90 Å². The Hall–Kier alpha value is -0.860. The highest BCUT2D eigenvalue weighted by atomic mass is 32.2. The number of nitrogens with zero attached hydrogens (tertiary/aromatic N) is 2. The quantitative estimate of drug-likeness (QED) is 0.708. The Labute approximate surface area is 107 Å². The van der Waals surface area contributed by atoms with Crippen molar-refractivity contribution in [2.45, 2.75) is 37.0 Å². The van der Waals surface area contributed by atoms with Gasteiger partial charge < -0.3 is 5.32 Å². The van der Waals surface area contributed by atoms with E-state index >= 15 is 0 Å². The minimum Gasteiger partial charge on any atom is -0.350 e. The highest BCUT2D eigenvalue weighted by Crippen LogP contribution is 2.16. The summed E-state index contributed by atoms with van der Waals surface area (Å²) in [4.78, 5) is 7.92. The van der Waals surface area contributed by atoms with Crippen LogP contribution in [-0.4, -0.2) is 23.9 Å². The molecule has 0 atom stereocenters. The van der Waals surface area contributed by atoms with Crippen molar-refractivity contribution >= 4 is 28.6 Å². The van der Waals surface area contributed by atoms with Crippen molar-refractivity contribution in [2.24, 2.45) is 5.14 Å². The molecule has 0 aliphatic carbocycles. The van der Waals surface area contributed by atoms with E-state index in [0.29, 0.717) is 5.95 Å². The number of nitrogens with one attached hydrogen (secondary N) is 1. The third-order valence-electron chi connectivity index (χ3n) is 1.77. The van der Waals surface area contributed by atoms with Gasteiger partial charge in [0.2, 0.25) is 16.0 Å². The van der Waals surface area contributed by atoms with E-state index in [0.717, 1.165) is 0 Å². The SMILES string of the molecule is CC(C)(C)Nc1ncc(S(N)(=O)=O)c(CS)n1. The number of primary sulfonamides is 1. The van der Waals surface area contributed by atoms with Gasteiger partial charge in [-0.1, -0.05) is 0 Å². The van der Waals surface area contributed by atoms with Crippen LogP contribution in [0.2, 0.25) is 0 Å². The first-order valence-corrected chi connectivity index (χ1v) is 7.09. The highest BCUT2D eigenvalue weighted by Gasteiger charge is 2.18. The zero-order chi connectivity index (χ0) is 13.3. The molecular formula is C9H16N4O2S2. The molecule has 1 rings (SSSR count). The summed E-state index contributed by atoms with van der Waals surface area (Å²) < 4.78 is 22.5. The maximum atomic E-state index is 11.3. The zero-order valence-electron chi connectivity index (χ0n) is 9.93. The molecule has 0 aliphatic heterocycles. The Balaban J connectivity index is 3.19. The van der Waals surface area contributed by atoms with Crippen molar-refractivity contribution < 1.29 is 8.42 Å². The summed E-state index contributed by atoms with van der Waals surface area (Å²) in [6, 6.07) is 0. The summed E-state index contributed by atoms with van der Waals surface area (Å²) in [7, 11) is -3.81. The molecule has 1 aromatic heterocycles. The Morgan fingerprint density at radius 3 is 2.47 bits per heavy atom. The number of sulfonamides is 1. The molecule has 0 fully saturated rings. The second-order valence-corrected chi connectivity index (χ2v) is 6.43. The van der Waals surface area contributed by atoms with Crippen molar-refractivity contribution in [2.75, 3.05) is 5.32 Å². The molecular weight excluding hydrogens is 260 g/mol. The molecule has 0 aromatic carbocycles. The molecule has 0 bridgehead atoms. The molecule has 1 aromatic rings. The van der Waals surface area contributed by atoms with Gasteiger partial charge in [0, 0.05) is 11.3 Å². The lowest BCUT2D eigenvalue weighted by Gasteiger charge is -2.20. The maximum absolute atomic E-state index is 11.3. The Bertz CT molecular complexity index is 508. The van der Waals surface area contributed by atoms with E-state index in [1.807, 2.05) is 20.8 Å². The van der Waals surface area contributed by atoms with Gasteiger partial charge in [-0.2, -0.15) is 12.6 Å². The van der Waals surface area contributed by atoms with Gasteiger partial charge in [0.25, 0.3) is 0 Å². The van der Waals surface area contributed by atoms with Crippen molar-refractivity contribution in [1.82, 2.24) is 9.97 Å². The van der Waals surface area contributed by atoms with Crippen LogP contribution in [0, 0.1) is 0 Å². The van der Waals surface area contributed by atoms with E-state index in [-0.39, 0.29) is 21.9 Å². The summed E-state index contributed by atoms with van der Waals surface area (Å²) in [6.45, 7) is 5.85. The summed E-state index contributed by atoms with van der Waals surface area (Å²) >= 11 is 4.03. The molecule has 0 aliphatic rings. The van der Waals surface area contributed by atoms with E-state index in [1.165, 1.54) is 6.20 Å². The Morgan fingerprint density at radius 1 is 1.47 bits per heavy atom. The molecule has 1 heterocycles. The number of aromatic nitrogens is 2. The number of rotatable bonds is 3. The topological polar surface area (TPSA) is 98.0 Å². The second-order valence-electron chi connectivity index (χ2n) is 4.58. The van der Waals surface area contributed by atoms with Crippen molar-refractivity contribution in [1.29, 1.82) is 0 Å². The van der Waals surface area contributed by atoms with Crippen LogP contribution in [0.3, 0.4) is 0 Å². The van der Waals surface area contributed by atoms with E-state index in [2.05, 4.69) is 27.9 Å². The fourth-order valence-corrected chi connectivity index (χ4v) is 2.15. The minimum absolute atomic E-state index is 0.0908. The van der Waals surface area contributed by atoms with Gasteiger partial charge in [-0.25, -0.2) is 23.5 Å². The van der Waals surface area contributed by atoms with Crippen LogP contribution >= 0.6 is 12.6 Å². The lowest BCUT2D eigenvalue weighted by molar-refractivity contribution is 0.595. The summed E-state index contributed by atoms with van der Waals surface area (Å²) in [5.74, 6) is 0.529. The molecule has 6 nitrogen and oxygen atoms in total. The molecule has 8 heteroatoms. The first-order chi connectivity index (χ1) is 7.63. The first-order valence-electron chi connectivity index (χ1n) is 4.91. The standard InChI is InChI=1S/C9H16N4O2S2/c1-9(2,3)13-8-11-4-7(17(10,14)15)6(5-16)12-8/h4,16H,5H2,1-3H3,(H2,10,14,15)(H,11,12,13). The van der Waals surface area contributed by atoms with Crippen LogP contribution in [0.15, 0.2) is 11.1 Å². The molecule has 3 N–H and O–H groups in total. The van der Waals surface area contributed by atoms with Crippen molar-refractivity contribution in [3.8, 4) is 0 Å². The average Bonchev–Trinajstić information content (AvgIpc) is 2.13. The van der Waals surface area contributed by atoms with Gasteiger partial charge in [-0.05, 0) is 20.8 Å². The smallest absolute Gasteiger partial charge is 0.241 e. The van der Waals surface area contributed by atoms with Crippen molar-refractivity contribution in [3.05, 3.63) is 11.9 Å². The van der Waals surface area contributed by atoms with Crippen LogP contribution in [0.1, 0.15) is 26.5 Å². The fourth-order valence-electron chi connectivity index (χ4n) is 1.15. The van der Waals surface area contributed by atoms with Gasteiger partial charge in [-0.15, -0.1) is 0 Å². The van der Waals surface area contributed by atoms with Crippen LogP contribution < -0.4 is 10.5 Å². The Morgan fingerprint density at radius 2 is 2.06 bits per heavy atom. The van der Waals surface area contributed by atoms with Crippen LogP contribution in [0.5, 0.6) is 0 Å². The van der Waals surface area contributed by atoms with Crippen molar-refractivity contribution in [3.63, 3.8) is 0 Å². The number of anilines is 1. The molecule has 0 unspecified atom stereocenters. The van der Waals surface area contributed by atoms with Gasteiger partial charge in [0.05, 0.1) is 11.9 Å². The molecule has 0 saturated heterocycles. The molecule has 17 heavy (non-hydrogen) atoms. The summed E-state index contributed by atoms with van der Waals surface area (Å²) in [5.41, 5.74) is 0.0781. The molecule has 0 saturated carbocycles. The van der Waals surface area contributed by atoms with E-state index in [1.54, 1.807) is 0 Å². The number of nitrogens with two attached hydrogens (primary N) is 1. The van der Waals surface area contributed by atoms with Crippen LogP contribution in [-0.2, 0) is 15.8 Å². The lowest BCUT2D eigenvalue weighted by atomic mass is 10.1. The van der Waals surface area contributed by atoms with E-state index < -0.39 is 10.0 Å². The molecule has 96 valence electrons. The van der Waals surface area contributed by atoms with Gasteiger partial charge >= 0.3 is 0 Å². The monoisotopic (exact) mass is 276 g/mol. The van der Waals surface area contributed by atoms with Crippen LogP contribution in [0.25, 0.3) is 0 Å². The number of thiol groups is 1. The third kappa shape index (κ3) is 4.14. The normalized spacial score (nSPS) is 12.5. The predicted octanol–water partition coefficient (Wildman–Crippen LogP) is 0.764. The average molecular weight is 276 g/mol. The zero-order valence-corrected chi connectivity index (χ0v) is 11.6. The van der Waals surface area contributed by atoms with Gasteiger partial charge in [0.15, 0.2) is 0 Å². The highest BCUT2D eigenvalue weighted by molar-refractivity contribution is 7.89. The lowest BCUT2D eigenvalue weighted by Crippen LogP contribution is -2.28. The van der Waals surface area contributed by atoms with Gasteiger partial charge in [-0.3, -0.25) is 0 Å². The second kappa shape index (κ2) is 4.79. The third-order valence-corrected chi connectivity index (χ3v) is 3.03. The first kappa shape index (κ1) is 14.2. The van der Waals surface area contributed by atoms with E-state index in [9.17, 15) is 8.42 Å². The number of hydrogen-bond donors (Lipinski definition) is 3. The fraction of sp³-hybridized carbons (Fsp3) is 0.556. The summed E-state index contributed by atoms with van der Waals surface area (Å²) in [5, 5.41) is 8.09. The Kier molecular flexibility index (Phi) is 4.00. The maximum Gasteiger partial charge on any atom is 0.241 e. The molecule has 0 radical (unpaired) electrons. The molecule has 0 amide bonds. The largest absolute Gasteiger partial charge is 0.350 e. The van der Waals surface area contributed by atoms with Crippen LogP contribution in [0.4, 0.5) is 5.95 Å². The predicted molar refractivity (Wildman–Crippen MR) is 69.5 cm³/mol. The minimum atomic E-state index is -3.81. The summed E-state index contributed by atoms with van der Waals surface area (Å²) in [6.07, 6.45) is 1.20. The van der Waals surface area contributed by atoms with E-state index in [4.69, 9.17) is 5.14 Å². The molecule has 0 spiro atoms.